The van der Waals surface area contributed by atoms with Gasteiger partial charge in [0.1, 0.15) is 0 Å². The molecule has 0 saturated carbocycles. The number of carbonyl (C=O) groups excluding carboxylic acids is 1. The maximum atomic E-state index is 12.1. The minimum absolute atomic E-state index is 0.216. The van der Waals surface area contributed by atoms with E-state index in [4.69, 9.17) is 0 Å². The van der Waals surface area contributed by atoms with E-state index < -0.39 is 0 Å². The van der Waals surface area contributed by atoms with E-state index in [1.165, 1.54) is 0 Å². The minimum Gasteiger partial charge on any atom is -0.340 e. The van der Waals surface area contributed by atoms with E-state index in [-0.39, 0.29) is 5.92 Å². The second-order valence-corrected chi connectivity index (χ2v) is 4.33. The van der Waals surface area contributed by atoms with E-state index in [0.29, 0.717) is 11.8 Å². The molecule has 1 N–H and O–H groups in total. The molecule has 1 heterocycles. The second-order valence-electron chi connectivity index (χ2n) is 4.33. The Balaban J connectivity index is 2.52. The van der Waals surface area contributed by atoms with Crippen LogP contribution in [0.2, 0.25) is 0 Å². The lowest BCUT2D eigenvalue weighted by molar-refractivity contribution is -0.137. The van der Waals surface area contributed by atoms with Crippen molar-refractivity contribution in [1.82, 2.24) is 10.2 Å². The fourth-order valence-corrected chi connectivity index (χ4v) is 2.05. The summed E-state index contributed by atoms with van der Waals surface area (Å²) in [5, 5.41) is 3.26. The monoisotopic (exact) mass is 198 g/mol. The van der Waals surface area contributed by atoms with Crippen LogP contribution in [-0.2, 0) is 4.79 Å². The van der Waals surface area contributed by atoms with Crippen LogP contribution in [0.5, 0.6) is 0 Å². The van der Waals surface area contributed by atoms with Crippen LogP contribution in [-0.4, -0.2) is 37.0 Å². The van der Waals surface area contributed by atoms with E-state index in [9.17, 15) is 4.79 Å². The first-order chi connectivity index (χ1) is 6.66. The van der Waals surface area contributed by atoms with E-state index in [1.54, 1.807) is 0 Å². The summed E-state index contributed by atoms with van der Waals surface area (Å²) in [7, 11) is 0. The zero-order chi connectivity index (χ0) is 10.6. The Kier molecular flexibility index (Phi) is 4.39. The molecule has 82 valence electrons. The van der Waals surface area contributed by atoms with Gasteiger partial charge in [0.2, 0.25) is 5.91 Å². The summed E-state index contributed by atoms with van der Waals surface area (Å²) < 4.78 is 0. The third kappa shape index (κ3) is 2.71. The molecule has 1 saturated heterocycles. The zero-order valence-corrected chi connectivity index (χ0v) is 9.55. The molecular weight excluding hydrogens is 176 g/mol. The number of hydrogen-bond acceptors (Lipinski definition) is 2. The smallest absolute Gasteiger partial charge is 0.226 e. The fraction of sp³-hybridized carbons (Fsp3) is 0.909. The summed E-state index contributed by atoms with van der Waals surface area (Å²) in [4.78, 5) is 14.1. The minimum atomic E-state index is 0.216. The topological polar surface area (TPSA) is 32.3 Å². The number of nitrogens with zero attached hydrogens (tertiary/aromatic N) is 1. The van der Waals surface area contributed by atoms with Crippen LogP contribution in [0, 0.1) is 11.8 Å². The SMILES string of the molecule is CCC(C(=O)N1CCNCC1)C(C)C. The first kappa shape index (κ1) is 11.5. The van der Waals surface area contributed by atoms with E-state index in [0.717, 1.165) is 32.6 Å². The van der Waals surface area contributed by atoms with Gasteiger partial charge in [0.15, 0.2) is 0 Å². The predicted molar refractivity (Wildman–Crippen MR) is 58.1 cm³/mol. The van der Waals surface area contributed by atoms with Crippen LogP contribution >= 0.6 is 0 Å². The molecule has 0 aliphatic carbocycles. The highest BCUT2D eigenvalue weighted by Crippen LogP contribution is 2.18. The van der Waals surface area contributed by atoms with E-state index >= 15 is 0 Å². The van der Waals surface area contributed by atoms with Crippen LogP contribution in [0.1, 0.15) is 27.2 Å². The van der Waals surface area contributed by atoms with Gasteiger partial charge >= 0.3 is 0 Å². The van der Waals surface area contributed by atoms with Gasteiger partial charge in [-0.1, -0.05) is 20.8 Å². The molecule has 0 aromatic heterocycles. The number of piperazine rings is 1. The zero-order valence-electron chi connectivity index (χ0n) is 9.55. The van der Waals surface area contributed by atoms with Crippen molar-refractivity contribution in [2.24, 2.45) is 11.8 Å². The van der Waals surface area contributed by atoms with Gasteiger partial charge in [-0.3, -0.25) is 4.79 Å². The lowest BCUT2D eigenvalue weighted by atomic mass is 9.91. The molecule has 0 aromatic rings. The van der Waals surface area contributed by atoms with E-state index in [1.807, 2.05) is 4.90 Å². The molecule has 0 aromatic carbocycles. The number of amides is 1. The quantitative estimate of drug-likeness (QED) is 0.736. The molecule has 1 amide bonds. The van der Waals surface area contributed by atoms with Crippen LogP contribution in [0.3, 0.4) is 0 Å². The Labute approximate surface area is 86.9 Å². The molecule has 1 aliphatic rings. The molecule has 1 rings (SSSR count). The second kappa shape index (κ2) is 5.35. The maximum absolute atomic E-state index is 12.1. The molecular formula is C11H22N2O. The van der Waals surface area contributed by atoms with Crippen LogP contribution in [0.15, 0.2) is 0 Å². The molecule has 1 unspecified atom stereocenters. The summed E-state index contributed by atoms with van der Waals surface area (Å²) in [6.07, 6.45) is 0.959. The Hall–Kier alpha value is -0.570. The Morgan fingerprint density at radius 3 is 2.36 bits per heavy atom. The van der Waals surface area contributed by atoms with Crippen molar-refractivity contribution in [3.05, 3.63) is 0 Å². The first-order valence-corrected chi connectivity index (χ1v) is 5.66. The van der Waals surface area contributed by atoms with Gasteiger partial charge in [-0.05, 0) is 12.3 Å². The highest BCUT2D eigenvalue weighted by molar-refractivity contribution is 5.79. The van der Waals surface area contributed by atoms with Gasteiger partial charge < -0.3 is 10.2 Å². The molecule has 1 aliphatic heterocycles. The average molecular weight is 198 g/mol. The number of rotatable bonds is 3. The first-order valence-electron chi connectivity index (χ1n) is 5.66. The molecule has 3 nitrogen and oxygen atoms in total. The van der Waals surface area contributed by atoms with Crippen molar-refractivity contribution in [2.75, 3.05) is 26.2 Å². The van der Waals surface area contributed by atoms with Crippen molar-refractivity contribution < 1.29 is 4.79 Å². The lowest BCUT2D eigenvalue weighted by Gasteiger charge is -2.31. The third-order valence-electron chi connectivity index (χ3n) is 2.99. The highest BCUT2D eigenvalue weighted by atomic mass is 16.2. The maximum Gasteiger partial charge on any atom is 0.226 e. The predicted octanol–water partition coefficient (Wildman–Crippen LogP) is 1.10. The highest BCUT2D eigenvalue weighted by Gasteiger charge is 2.25. The van der Waals surface area contributed by atoms with Gasteiger partial charge in [0, 0.05) is 32.1 Å². The molecule has 1 atom stereocenters. The van der Waals surface area contributed by atoms with E-state index in [2.05, 4.69) is 26.1 Å². The summed E-state index contributed by atoms with van der Waals surface area (Å²) in [6, 6.07) is 0. The van der Waals surface area contributed by atoms with Crippen molar-refractivity contribution in [3.8, 4) is 0 Å². The summed E-state index contributed by atoms with van der Waals surface area (Å²) >= 11 is 0. The van der Waals surface area contributed by atoms with Gasteiger partial charge in [-0.15, -0.1) is 0 Å². The van der Waals surface area contributed by atoms with Crippen LogP contribution < -0.4 is 5.32 Å². The summed E-state index contributed by atoms with van der Waals surface area (Å²) in [5.74, 6) is 1.03. The van der Waals surface area contributed by atoms with Gasteiger partial charge in [0.05, 0.1) is 0 Å². The number of hydrogen-bond donors (Lipinski definition) is 1. The molecule has 0 radical (unpaired) electrons. The molecule has 1 fully saturated rings. The summed E-state index contributed by atoms with van der Waals surface area (Å²) in [5.41, 5.74) is 0. The van der Waals surface area contributed by atoms with Crippen molar-refractivity contribution in [3.63, 3.8) is 0 Å². The standard InChI is InChI=1S/C11H22N2O/c1-4-10(9(2)3)11(14)13-7-5-12-6-8-13/h9-10,12H,4-8H2,1-3H3. The van der Waals surface area contributed by atoms with Gasteiger partial charge in [-0.25, -0.2) is 0 Å². The number of nitrogens with one attached hydrogen (secondary N) is 1. The summed E-state index contributed by atoms with van der Waals surface area (Å²) in [6.45, 7) is 10.0. The molecule has 14 heavy (non-hydrogen) atoms. The van der Waals surface area contributed by atoms with Gasteiger partial charge in [0.25, 0.3) is 0 Å². The Morgan fingerprint density at radius 1 is 1.36 bits per heavy atom. The Bertz CT molecular complexity index is 186. The Morgan fingerprint density at radius 2 is 1.93 bits per heavy atom. The largest absolute Gasteiger partial charge is 0.340 e. The van der Waals surface area contributed by atoms with Crippen molar-refractivity contribution in [2.45, 2.75) is 27.2 Å². The molecule has 3 heteroatoms. The average Bonchev–Trinajstić information content (AvgIpc) is 2.19. The van der Waals surface area contributed by atoms with Crippen molar-refractivity contribution >= 4 is 5.91 Å². The molecule has 0 spiro atoms. The third-order valence-corrected chi connectivity index (χ3v) is 2.99. The fourth-order valence-electron chi connectivity index (χ4n) is 2.05. The number of carbonyl (C=O) groups is 1. The van der Waals surface area contributed by atoms with Crippen molar-refractivity contribution in [1.29, 1.82) is 0 Å². The lowest BCUT2D eigenvalue weighted by Crippen LogP contribution is -2.49. The van der Waals surface area contributed by atoms with Gasteiger partial charge in [-0.2, -0.15) is 0 Å². The van der Waals surface area contributed by atoms with Crippen LogP contribution in [0.4, 0.5) is 0 Å². The normalized spacial score (nSPS) is 19.9. The van der Waals surface area contributed by atoms with Crippen LogP contribution in [0.25, 0.3) is 0 Å². The molecule has 0 bridgehead atoms.